The van der Waals surface area contributed by atoms with Crippen molar-refractivity contribution >= 4 is 51.3 Å². The number of aromatic nitrogens is 3. The van der Waals surface area contributed by atoms with E-state index in [1.807, 2.05) is 68.9 Å². The molecule has 1 aliphatic carbocycles. The Morgan fingerprint density at radius 2 is 1.64 bits per heavy atom. The number of ether oxygens (including phenoxy) is 4. The van der Waals surface area contributed by atoms with E-state index in [2.05, 4.69) is 59.1 Å². The molecule has 1 aromatic carbocycles. The summed E-state index contributed by atoms with van der Waals surface area (Å²) in [7, 11) is 0. The summed E-state index contributed by atoms with van der Waals surface area (Å²) in [6.07, 6.45) is 11.5. The van der Waals surface area contributed by atoms with Gasteiger partial charge in [-0.1, -0.05) is 70.4 Å². The Hall–Kier alpha value is -5.26. The van der Waals surface area contributed by atoms with Gasteiger partial charge in [-0.3, -0.25) is 14.4 Å². The van der Waals surface area contributed by atoms with Gasteiger partial charge in [0.05, 0.1) is 62.3 Å². The average Bonchev–Trinajstić information content (AvgIpc) is 4.19. The van der Waals surface area contributed by atoms with Gasteiger partial charge in [0.25, 0.3) is 0 Å². The molecule has 1 unspecified atom stereocenters. The third kappa shape index (κ3) is 19.2. The first-order chi connectivity index (χ1) is 35.4. The monoisotopic (exact) mass is 1040 g/mol. The van der Waals surface area contributed by atoms with Gasteiger partial charge in [-0.05, 0) is 61.3 Å². The molecule has 1 saturated carbocycles. The minimum absolute atomic E-state index is 0.0120. The largest absolute Gasteiger partial charge is 0.388 e. The highest BCUT2D eigenvalue weighted by Crippen LogP contribution is 2.32. The van der Waals surface area contributed by atoms with E-state index in [4.69, 9.17) is 29.5 Å². The predicted octanol–water partition coefficient (Wildman–Crippen LogP) is 6.50. The Morgan fingerprint density at radius 1 is 0.890 bits per heavy atom. The molecular weight excluding hydrogens is 969 g/mol. The molecule has 2 fully saturated rings. The smallest absolute Gasteiger partial charge is 0.246 e. The van der Waals surface area contributed by atoms with E-state index in [-0.39, 0.29) is 37.2 Å². The summed E-state index contributed by atoms with van der Waals surface area (Å²) in [5.74, 6) is -0.0685. The fraction of sp³-hybridized carbons (Fsp3) is 0.577. The summed E-state index contributed by atoms with van der Waals surface area (Å²) >= 11 is 3.15. The SMILES string of the molecule is Cc1ncsc1-c1ccc(CNC(=O)[C@@H]2CCCN2C(=O)C(NC(=O)COCCNCCN/C=C(/COCCOCCOCCNC2(Cc3cccc(Nc4nccs4)n3)CCCCC2)N=N)C(C)(C)C)cc1. The van der Waals surface area contributed by atoms with E-state index in [1.165, 1.54) is 19.3 Å². The molecule has 2 aliphatic rings. The molecule has 3 aromatic heterocycles. The lowest BCUT2D eigenvalue weighted by Gasteiger charge is -2.38. The highest BCUT2D eigenvalue weighted by Gasteiger charge is 2.42. The van der Waals surface area contributed by atoms with Crippen LogP contribution in [0.1, 0.15) is 82.7 Å². The van der Waals surface area contributed by atoms with Crippen LogP contribution in [0.3, 0.4) is 0 Å². The van der Waals surface area contributed by atoms with Crippen molar-refractivity contribution < 1.29 is 33.3 Å². The number of rotatable bonds is 32. The Kier molecular flexibility index (Phi) is 23.6. The molecule has 19 nitrogen and oxygen atoms in total. The van der Waals surface area contributed by atoms with Crippen LogP contribution in [0.2, 0.25) is 0 Å². The molecule has 21 heteroatoms. The van der Waals surface area contributed by atoms with Gasteiger partial charge in [0.2, 0.25) is 17.7 Å². The maximum absolute atomic E-state index is 13.9. The summed E-state index contributed by atoms with van der Waals surface area (Å²) in [6.45, 7) is 13.5. The van der Waals surface area contributed by atoms with Crippen LogP contribution in [0, 0.1) is 17.9 Å². The van der Waals surface area contributed by atoms with Crippen LogP contribution in [0.25, 0.3) is 10.4 Å². The van der Waals surface area contributed by atoms with E-state index in [0.717, 1.165) is 64.1 Å². The van der Waals surface area contributed by atoms with Crippen molar-refractivity contribution in [2.45, 2.75) is 103 Å². The molecule has 1 aliphatic heterocycles. The average molecular weight is 1050 g/mol. The number of pyridine rings is 1. The normalized spacial score (nSPS) is 16.2. The van der Waals surface area contributed by atoms with E-state index < -0.39 is 23.4 Å². The molecule has 6 rings (SSSR count). The van der Waals surface area contributed by atoms with Gasteiger partial charge in [0.15, 0.2) is 5.13 Å². The third-order valence-corrected chi connectivity index (χ3v) is 14.4. The second kappa shape index (κ2) is 30.2. The quantitative estimate of drug-likeness (QED) is 0.0204. The van der Waals surface area contributed by atoms with Crippen molar-refractivity contribution in [3.05, 3.63) is 88.4 Å². The number of carbonyl (C=O) groups is 3. The van der Waals surface area contributed by atoms with E-state index in [0.29, 0.717) is 84.3 Å². The van der Waals surface area contributed by atoms with Crippen LogP contribution in [-0.4, -0.2) is 141 Å². The molecule has 1 saturated heterocycles. The van der Waals surface area contributed by atoms with Crippen molar-refractivity contribution in [3.63, 3.8) is 0 Å². The van der Waals surface area contributed by atoms with Crippen LogP contribution >= 0.6 is 22.7 Å². The molecule has 3 amide bonds. The molecule has 398 valence electrons. The summed E-state index contributed by atoms with van der Waals surface area (Å²) < 4.78 is 22.8. The molecular formula is C52H76N12O7S2. The number of amides is 3. The van der Waals surface area contributed by atoms with Crippen molar-refractivity contribution in [2.75, 3.05) is 90.9 Å². The number of anilines is 2. The molecule has 7 N–H and O–H groups in total. The van der Waals surface area contributed by atoms with Crippen LogP contribution in [0.15, 0.2) is 76.6 Å². The standard InChI is InChI=1S/C52H76N12O7S2/c1-38-46(73-37-58-38)40-15-13-39(14-16-40)33-57-48(66)43-11-9-24-64(43)49(67)47(51(2,3)4)62-45(65)36-70-25-21-54-19-20-55-34-42(63-53)35-71-30-29-69-28-27-68-26-22-59-52(17-6-5-7-18-52)32-41-10-8-12-44(60-41)61-50-56-23-31-72-50/h8,10,12-16,23,31,34,37,43,47,53-55,59H,5-7,9,11,17-22,24-30,32-33,35-36H2,1-4H3,(H,57,66)(H,62,65)(H,56,60,61)/b42-34-,63-53?/t43-,47?/m0/s1. The molecule has 4 heterocycles. The van der Waals surface area contributed by atoms with Gasteiger partial charge in [0, 0.05) is 74.7 Å². The zero-order chi connectivity index (χ0) is 51.7. The second-order valence-corrected chi connectivity index (χ2v) is 21.2. The van der Waals surface area contributed by atoms with E-state index in [9.17, 15) is 14.4 Å². The molecule has 0 spiro atoms. The lowest BCUT2D eigenvalue weighted by Crippen LogP contribution is -2.58. The molecule has 4 aromatic rings. The first-order valence-corrected chi connectivity index (χ1v) is 27.2. The van der Waals surface area contributed by atoms with E-state index in [1.54, 1.807) is 40.0 Å². The number of nitrogens with zero attached hydrogens (tertiary/aromatic N) is 5. The number of hydrogen-bond acceptors (Lipinski definition) is 18. The van der Waals surface area contributed by atoms with Gasteiger partial charge in [-0.15, -0.1) is 22.7 Å². The summed E-state index contributed by atoms with van der Waals surface area (Å²) in [5.41, 5.74) is 13.3. The van der Waals surface area contributed by atoms with Crippen LogP contribution in [-0.2, 0) is 46.3 Å². The van der Waals surface area contributed by atoms with Gasteiger partial charge >= 0.3 is 0 Å². The van der Waals surface area contributed by atoms with Gasteiger partial charge in [-0.2, -0.15) is 5.11 Å². The van der Waals surface area contributed by atoms with Crippen molar-refractivity contribution in [2.24, 2.45) is 10.5 Å². The van der Waals surface area contributed by atoms with Crippen LogP contribution in [0.4, 0.5) is 10.9 Å². The van der Waals surface area contributed by atoms with Crippen molar-refractivity contribution in [1.82, 2.24) is 46.4 Å². The number of aryl methyl sites for hydroxylation is 1. The maximum Gasteiger partial charge on any atom is 0.246 e. The highest BCUT2D eigenvalue weighted by atomic mass is 32.1. The number of carbonyl (C=O) groups excluding carboxylic acids is 3. The third-order valence-electron chi connectivity index (χ3n) is 12.7. The topological polar surface area (TPSA) is 238 Å². The number of hydrogen-bond donors (Lipinski definition) is 7. The maximum atomic E-state index is 13.9. The highest BCUT2D eigenvalue weighted by molar-refractivity contribution is 7.13. The summed E-state index contributed by atoms with van der Waals surface area (Å²) in [4.78, 5) is 56.6. The van der Waals surface area contributed by atoms with Crippen molar-refractivity contribution in [3.8, 4) is 10.4 Å². The Bertz CT molecular complexity index is 2320. The van der Waals surface area contributed by atoms with Crippen molar-refractivity contribution in [1.29, 1.82) is 5.53 Å². The Morgan fingerprint density at radius 3 is 2.37 bits per heavy atom. The molecule has 2 atom stereocenters. The van der Waals surface area contributed by atoms with Crippen LogP contribution in [0.5, 0.6) is 0 Å². The summed E-state index contributed by atoms with van der Waals surface area (Å²) in [6, 6.07) is 12.7. The Balaban J connectivity index is 0.763. The van der Waals surface area contributed by atoms with Crippen LogP contribution < -0.4 is 31.9 Å². The summed E-state index contributed by atoms with van der Waals surface area (Å²) in [5, 5.41) is 25.7. The fourth-order valence-corrected chi connectivity index (χ4v) is 10.3. The minimum atomic E-state index is -0.835. The first kappa shape index (κ1) is 57.0. The number of thiazole rings is 2. The first-order valence-electron chi connectivity index (χ1n) is 25.5. The Labute approximate surface area is 438 Å². The predicted molar refractivity (Wildman–Crippen MR) is 285 cm³/mol. The second-order valence-electron chi connectivity index (χ2n) is 19.4. The molecule has 73 heavy (non-hydrogen) atoms. The van der Waals surface area contributed by atoms with E-state index >= 15 is 0 Å². The zero-order valence-corrected chi connectivity index (χ0v) is 44.6. The van der Waals surface area contributed by atoms with Gasteiger partial charge < -0.3 is 55.7 Å². The minimum Gasteiger partial charge on any atom is -0.388 e. The lowest BCUT2D eigenvalue weighted by molar-refractivity contribution is -0.144. The van der Waals surface area contributed by atoms with Gasteiger partial charge in [-0.25, -0.2) is 20.5 Å². The van der Waals surface area contributed by atoms with Gasteiger partial charge in [0.1, 0.15) is 30.2 Å². The lowest BCUT2D eigenvalue weighted by atomic mass is 9.78. The molecule has 0 bridgehead atoms. The molecule has 0 radical (unpaired) electrons. The fourth-order valence-electron chi connectivity index (χ4n) is 8.91. The number of nitrogens with one attached hydrogen (secondary N) is 7. The number of likely N-dealkylation sites (tertiary alicyclic amines) is 1. The number of benzene rings is 1. The zero-order valence-electron chi connectivity index (χ0n) is 43.0.